The Morgan fingerprint density at radius 2 is 1.64 bits per heavy atom. The number of unbranched alkanes of at least 4 members (excludes halogenated alkanes) is 3. The minimum atomic E-state index is -4.97. The van der Waals surface area contributed by atoms with E-state index >= 15 is 0 Å². The second kappa shape index (κ2) is 12.5. The minimum absolute atomic E-state index is 0.00916. The monoisotopic (exact) mass is 546 g/mol. The number of alkyl halides is 3. The number of hydrogen-bond acceptors (Lipinski definition) is 4. The van der Waals surface area contributed by atoms with Gasteiger partial charge in [-0.1, -0.05) is 32.3 Å². The summed E-state index contributed by atoms with van der Waals surface area (Å²) in [6.07, 6.45) is 3.66. The highest BCUT2D eigenvalue weighted by Crippen LogP contribution is 2.41. The van der Waals surface area contributed by atoms with Gasteiger partial charge in [-0.05, 0) is 87.3 Å². The lowest BCUT2D eigenvalue weighted by Crippen LogP contribution is -3.10. The van der Waals surface area contributed by atoms with Crippen LogP contribution in [0.1, 0.15) is 86.3 Å². The summed E-state index contributed by atoms with van der Waals surface area (Å²) in [6, 6.07) is 6.53. The van der Waals surface area contributed by atoms with Crippen molar-refractivity contribution in [3.05, 3.63) is 62.5 Å². The minimum Gasteiger partial charge on any atom is -0.507 e. The summed E-state index contributed by atoms with van der Waals surface area (Å²) < 4.78 is 54.1. The molecule has 0 radical (unpaired) electrons. The van der Waals surface area contributed by atoms with Gasteiger partial charge in [0.1, 0.15) is 18.0 Å². The summed E-state index contributed by atoms with van der Waals surface area (Å²) in [5, 5.41) is 11.3. The predicted molar refractivity (Wildman–Crippen MR) is 146 cm³/mol. The first-order valence-corrected chi connectivity index (χ1v) is 14.1. The van der Waals surface area contributed by atoms with E-state index in [1.807, 2.05) is 6.07 Å². The molecule has 2 heterocycles. The van der Waals surface area contributed by atoms with Gasteiger partial charge in [-0.15, -0.1) is 0 Å². The molecule has 2 aromatic carbocycles. The highest BCUT2D eigenvalue weighted by atomic mass is 19.4. The molecule has 5 nitrogen and oxygen atoms in total. The number of ether oxygens (including phenoxy) is 1. The highest BCUT2D eigenvalue weighted by molar-refractivity contribution is 5.85. The number of hydrogen-bond donors (Lipinski definition) is 2. The van der Waals surface area contributed by atoms with E-state index < -0.39 is 23.1 Å². The molecular weight excluding hydrogens is 507 g/mol. The van der Waals surface area contributed by atoms with Crippen LogP contribution < -0.4 is 15.1 Å². The number of aryl methyl sites for hydroxylation is 3. The molecule has 0 atom stereocenters. The average molecular weight is 547 g/mol. The van der Waals surface area contributed by atoms with Gasteiger partial charge in [-0.2, -0.15) is 13.2 Å². The normalized spacial score (nSPS) is 15.0. The fraction of sp³-hybridized carbons (Fsp3) is 0.516. The summed E-state index contributed by atoms with van der Waals surface area (Å²) in [7, 11) is 0. The molecule has 0 unspecified atom stereocenters. The Kier molecular flexibility index (Phi) is 9.26. The van der Waals surface area contributed by atoms with Crippen LogP contribution in [0, 0.1) is 13.8 Å². The molecule has 0 aliphatic carbocycles. The van der Waals surface area contributed by atoms with E-state index in [0.717, 1.165) is 75.6 Å². The van der Waals surface area contributed by atoms with Gasteiger partial charge in [-0.3, -0.25) is 4.79 Å². The van der Waals surface area contributed by atoms with Crippen LogP contribution in [0.4, 0.5) is 13.2 Å². The molecule has 1 saturated heterocycles. The van der Waals surface area contributed by atoms with Crippen LogP contribution in [0.15, 0.2) is 33.5 Å². The zero-order chi connectivity index (χ0) is 28.2. The molecule has 2 N–H and O–H groups in total. The van der Waals surface area contributed by atoms with Crippen molar-refractivity contribution in [3.8, 4) is 17.2 Å². The van der Waals surface area contributed by atoms with E-state index in [0.29, 0.717) is 18.5 Å². The Bertz CT molecular complexity index is 1330. The first-order valence-electron chi connectivity index (χ1n) is 14.1. The summed E-state index contributed by atoms with van der Waals surface area (Å²) in [6.45, 7) is 7.72. The number of quaternary nitrogens is 1. The van der Waals surface area contributed by atoms with Crippen molar-refractivity contribution in [3.63, 3.8) is 0 Å². The Hall–Kier alpha value is -3.00. The first-order chi connectivity index (χ1) is 18.6. The molecule has 3 aromatic rings. The molecule has 1 aliphatic heterocycles. The number of nitrogens with one attached hydrogen (secondary N) is 1. The van der Waals surface area contributed by atoms with Crippen molar-refractivity contribution in [1.82, 2.24) is 0 Å². The van der Waals surface area contributed by atoms with E-state index in [1.54, 1.807) is 26.0 Å². The molecule has 0 saturated carbocycles. The zero-order valence-electron chi connectivity index (χ0n) is 23.1. The van der Waals surface area contributed by atoms with Crippen LogP contribution in [0.5, 0.6) is 17.2 Å². The van der Waals surface area contributed by atoms with Crippen LogP contribution in [0.25, 0.3) is 11.0 Å². The average Bonchev–Trinajstić information content (AvgIpc) is 3.13. The van der Waals surface area contributed by atoms with Crippen LogP contribution in [-0.4, -0.2) is 18.2 Å². The van der Waals surface area contributed by atoms with E-state index in [9.17, 15) is 23.1 Å². The Morgan fingerprint density at radius 1 is 0.974 bits per heavy atom. The van der Waals surface area contributed by atoms with Crippen molar-refractivity contribution in [2.75, 3.05) is 13.1 Å². The molecule has 212 valence electrons. The fourth-order valence-corrected chi connectivity index (χ4v) is 5.57. The maximum Gasteiger partial charge on any atom is 0.453 e. The number of phenolic OH excluding ortho intramolecular Hbond substituents is 1. The summed E-state index contributed by atoms with van der Waals surface area (Å²) >= 11 is 0. The Labute approximate surface area is 227 Å². The second-order valence-corrected chi connectivity index (χ2v) is 10.9. The van der Waals surface area contributed by atoms with Gasteiger partial charge >= 0.3 is 6.18 Å². The third-order valence-corrected chi connectivity index (χ3v) is 7.50. The van der Waals surface area contributed by atoms with E-state index in [-0.39, 0.29) is 28.0 Å². The number of aromatic hydroxyl groups is 1. The van der Waals surface area contributed by atoms with Crippen LogP contribution in [0.2, 0.25) is 0 Å². The number of halogens is 3. The smallest absolute Gasteiger partial charge is 0.453 e. The summed E-state index contributed by atoms with van der Waals surface area (Å²) in [5.41, 5.74) is 1.34. The third kappa shape index (κ3) is 6.96. The lowest BCUT2D eigenvalue weighted by atomic mass is 9.98. The quantitative estimate of drug-likeness (QED) is 0.284. The number of phenols is 1. The molecular formula is C31H39F3NO4+. The van der Waals surface area contributed by atoms with Gasteiger partial charge in [0.05, 0.1) is 24.0 Å². The molecule has 8 heteroatoms. The SMILES string of the molecule is CCCCCCc1cc2c(=O)c(Oc3cc(C)cc(C)c3)c(C(F)(F)F)oc2c(C[NH+]2CCCCCC2)c1O. The lowest BCUT2D eigenvalue weighted by molar-refractivity contribution is -0.913. The number of benzene rings is 2. The maximum atomic E-state index is 14.3. The van der Waals surface area contributed by atoms with Crippen molar-refractivity contribution < 1.29 is 32.3 Å². The molecule has 4 rings (SSSR count). The molecule has 1 aliphatic rings. The number of fused-ring (bicyclic) bond motifs is 1. The summed E-state index contributed by atoms with van der Waals surface area (Å²) in [5.74, 6) is -2.29. The van der Waals surface area contributed by atoms with Gasteiger partial charge in [0.25, 0.3) is 5.76 Å². The van der Waals surface area contributed by atoms with Crippen molar-refractivity contribution in [1.29, 1.82) is 0 Å². The number of rotatable bonds is 9. The van der Waals surface area contributed by atoms with Crippen LogP contribution in [-0.2, 0) is 19.1 Å². The molecule has 39 heavy (non-hydrogen) atoms. The van der Waals surface area contributed by atoms with Crippen molar-refractivity contribution in [2.45, 2.75) is 91.3 Å². The van der Waals surface area contributed by atoms with E-state index in [1.165, 1.54) is 11.0 Å². The fourth-order valence-electron chi connectivity index (χ4n) is 5.57. The lowest BCUT2D eigenvalue weighted by Gasteiger charge is -2.21. The van der Waals surface area contributed by atoms with E-state index in [4.69, 9.17) is 9.15 Å². The zero-order valence-corrected chi connectivity index (χ0v) is 23.1. The largest absolute Gasteiger partial charge is 0.507 e. The van der Waals surface area contributed by atoms with Crippen LogP contribution >= 0.6 is 0 Å². The molecule has 0 amide bonds. The van der Waals surface area contributed by atoms with Gasteiger partial charge in [0.2, 0.25) is 11.2 Å². The Morgan fingerprint density at radius 3 is 2.26 bits per heavy atom. The van der Waals surface area contributed by atoms with Gasteiger partial charge in [-0.25, -0.2) is 0 Å². The Balaban J connectivity index is 1.90. The third-order valence-electron chi connectivity index (χ3n) is 7.50. The first kappa shape index (κ1) is 29.0. The molecule has 0 bridgehead atoms. The molecule has 1 fully saturated rings. The standard InChI is InChI=1S/C31H38F3NO4/c1-4-5-6-9-12-22-18-24-27(37)29(38-23-16-20(2)15-21(3)17-23)30(31(32,33)34)39-28(24)25(26(22)36)19-35-13-10-7-8-11-14-35/h15-18,36H,4-14,19H2,1-3H3/p+1. The van der Waals surface area contributed by atoms with Gasteiger partial charge in [0.15, 0.2) is 5.58 Å². The predicted octanol–water partition coefficient (Wildman–Crippen LogP) is 7.01. The van der Waals surface area contributed by atoms with Crippen molar-refractivity contribution >= 4 is 11.0 Å². The highest BCUT2D eigenvalue weighted by Gasteiger charge is 2.41. The molecule has 1 aromatic heterocycles. The molecule has 0 spiro atoms. The van der Waals surface area contributed by atoms with Crippen molar-refractivity contribution in [2.24, 2.45) is 0 Å². The van der Waals surface area contributed by atoms with Gasteiger partial charge < -0.3 is 19.2 Å². The second-order valence-electron chi connectivity index (χ2n) is 10.9. The van der Waals surface area contributed by atoms with Gasteiger partial charge in [0, 0.05) is 0 Å². The summed E-state index contributed by atoms with van der Waals surface area (Å²) in [4.78, 5) is 14.9. The number of likely N-dealkylation sites (tertiary alicyclic amines) is 1. The topological polar surface area (TPSA) is 64.1 Å². The van der Waals surface area contributed by atoms with E-state index in [2.05, 4.69) is 6.92 Å². The van der Waals surface area contributed by atoms with Crippen LogP contribution in [0.3, 0.4) is 0 Å². The maximum absolute atomic E-state index is 14.3.